The van der Waals surface area contributed by atoms with Gasteiger partial charge in [0.2, 0.25) is 0 Å². The molecular weight excluding hydrogens is 466 g/mol. The number of hydrogen-bond donors (Lipinski definition) is 1. The van der Waals surface area contributed by atoms with Gasteiger partial charge in [0.1, 0.15) is 23.6 Å². The number of aromatic nitrogens is 4. The van der Waals surface area contributed by atoms with Gasteiger partial charge in [-0.1, -0.05) is 26.0 Å². The van der Waals surface area contributed by atoms with Crippen LogP contribution in [0.5, 0.6) is 5.75 Å². The number of benzene rings is 1. The molecule has 1 amide bonds. The number of rotatable bonds is 7. The Bertz CT molecular complexity index is 1380. The Morgan fingerprint density at radius 1 is 1.30 bits per heavy atom. The van der Waals surface area contributed by atoms with E-state index < -0.39 is 0 Å². The van der Waals surface area contributed by atoms with Crippen LogP contribution in [-0.4, -0.2) is 51.3 Å². The van der Waals surface area contributed by atoms with Crippen LogP contribution in [0.15, 0.2) is 36.7 Å². The second kappa shape index (κ2) is 9.27. The molecule has 2 aromatic heterocycles. The molecule has 0 spiro atoms. The predicted octanol–water partition coefficient (Wildman–Crippen LogP) is 3.80. The van der Waals surface area contributed by atoms with Crippen LogP contribution in [0.4, 0.5) is 5.69 Å². The number of nitrogens with zero attached hydrogens (tertiary/aromatic N) is 6. The summed E-state index contributed by atoms with van der Waals surface area (Å²) in [5, 5.41) is 20.8. The van der Waals surface area contributed by atoms with Crippen LogP contribution in [-0.2, 0) is 24.4 Å². The summed E-state index contributed by atoms with van der Waals surface area (Å²) in [5.74, 6) is 1.73. The molecule has 192 valence electrons. The summed E-state index contributed by atoms with van der Waals surface area (Å²) in [6.07, 6.45) is 3.87. The number of hydrogen-bond acceptors (Lipinski definition) is 7. The first kappa shape index (κ1) is 24.9. The fourth-order valence-electron chi connectivity index (χ4n) is 5.65. The number of carbonyl (C=O) groups excluding carboxylic acids is 1. The second-order valence-corrected chi connectivity index (χ2v) is 11.3. The lowest BCUT2D eigenvalue weighted by Crippen LogP contribution is -2.44. The van der Waals surface area contributed by atoms with Gasteiger partial charge >= 0.3 is 0 Å². The van der Waals surface area contributed by atoms with Crippen molar-refractivity contribution in [2.45, 2.75) is 50.5 Å². The van der Waals surface area contributed by atoms with Gasteiger partial charge in [0.25, 0.3) is 5.91 Å². The number of nitriles is 1. The number of ether oxygens (including phenoxy) is 1. The Balaban J connectivity index is 1.45. The molecule has 1 aliphatic heterocycles. The number of aryl methyl sites for hydroxylation is 1. The Hall–Kier alpha value is -3.77. The predicted molar refractivity (Wildman–Crippen MR) is 139 cm³/mol. The van der Waals surface area contributed by atoms with E-state index in [9.17, 15) is 10.1 Å². The zero-order valence-electron chi connectivity index (χ0n) is 22.1. The van der Waals surface area contributed by atoms with Gasteiger partial charge < -0.3 is 19.5 Å². The molecule has 2 aliphatic rings. The average molecular weight is 500 g/mol. The lowest BCUT2D eigenvalue weighted by molar-refractivity contribution is 0.102. The fraction of sp³-hybridized carbons (Fsp3) is 0.464. The second-order valence-electron chi connectivity index (χ2n) is 11.3. The minimum atomic E-state index is -0.334. The Labute approximate surface area is 217 Å². The maximum atomic E-state index is 13.4. The first-order valence-corrected chi connectivity index (χ1v) is 12.6. The van der Waals surface area contributed by atoms with E-state index in [1.54, 1.807) is 6.33 Å². The molecule has 1 aromatic carbocycles. The summed E-state index contributed by atoms with van der Waals surface area (Å²) in [7, 11) is 5.93. The van der Waals surface area contributed by atoms with Gasteiger partial charge in [-0.05, 0) is 56.6 Å². The third kappa shape index (κ3) is 4.46. The van der Waals surface area contributed by atoms with Crippen molar-refractivity contribution < 1.29 is 9.53 Å². The van der Waals surface area contributed by atoms with Gasteiger partial charge in [0.15, 0.2) is 0 Å². The van der Waals surface area contributed by atoms with Crippen LogP contribution in [0.3, 0.4) is 0 Å². The number of fused-ring (bicyclic) bond motifs is 1. The molecule has 1 fully saturated rings. The lowest BCUT2D eigenvalue weighted by atomic mass is 9.57. The van der Waals surface area contributed by atoms with Crippen LogP contribution in [0.2, 0.25) is 0 Å². The number of anilines is 1. The minimum Gasteiger partial charge on any atom is -0.490 e. The van der Waals surface area contributed by atoms with Crippen LogP contribution in [0.25, 0.3) is 0 Å². The van der Waals surface area contributed by atoms with Gasteiger partial charge in [0.05, 0.1) is 23.8 Å². The van der Waals surface area contributed by atoms with E-state index in [4.69, 9.17) is 9.72 Å². The minimum absolute atomic E-state index is 0.258. The summed E-state index contributed by atoms with van der Waals surface area (Å²) < 4.78 is 7.93. The monoisotopic (exact) mass is 499 g/mol. The number of amides is 1. The highest BCUT2D eigenvalue weighted by Gasteiger charge is 2.49. The first-order chi connectivity index (χ1) is 17.6. The number of nitrogens with one attached hydrogen (secondary N) is 1. The first-order valence-electron chi connectivity index (χ1n) is 12.6. The van der Waals surface area contributed by atoms with E-state index in [-0.39, 0.29) is 16.7 Å². The highest BCUT2D eigenvalue weighted by molar-refractivity contribution is 6.03. The third-order valence-corrected chi connectivity index (χ3v) is 7.45. The molecule has 1 N–H and O–H groups in total. The quantitative estimate of drug-likeness (QED) is 0.527. The highest BCUT2D eigenvalue weighted by atomic mass is 16.5. The van der Waals surface area contributed by atoms with Crippen LogP contribution in [0, 0.1) is 17.2 Å². The molecule has 0 radical (unpaired) electrons. The third-order valence-electron chi connectivity index (χ3n) is 7.45. The smallest absolute Gasteiger partial charge is 0.274 e. The Morgan fingerprint density at radius 3 is 2.76 bits per heavy atom. The number of pyridine rings is 1. The van der Waals surface area contributed by atoms with Gasteiger partial charge in [-0.15, -0.1) is 10.2 Å². The van der Waals surface area contributed by atoms with Crippen molar-refractivity contribution >= 4 is 11.6 Å². The molecule has 1 saturated carbocycles. The average Bonchev–Trinajstić information content (AvgIpc) is 3.38. The van der Waals surface area contributed by atoms with E-state index in [1.807, 2.05) is 50.0 Å². The SMILES string of the molecule is CN(C)Cc1cc(C(=O)Nc2cccc(C3(c4nncn4C)CC(CC#N)C3)c2)nc2c1OCC2(C)C. The normalized spacial score (nSPS) is 21.6. The molecule has 37 heavy (non-hydrogen) atoms. The molecular formula is C28H33N7O2. The molecule has 5 rings (SSSR count). The molecule has 0 unspecified atom stereocenters. The van der Waals surface area contributed by atoms with Gasteiger partial charge in [-0.25, -0.2) is 4.98 Å². The van der Waals surface area contributed by atoms with Crippen LogP contribution < -0.4 is 10.1 Å². The topological polar surface area (TPSA) is 109 Å². The van der Waals surface area contributed by atoms with Gasteiger partial charge in [-0.2, -0.15) is 5.26 Å². The van der Waals surface area contributed by atoms with E-state index in [0.717, 1.165) is 41.2 Å². The van der Waals surface area contributed by atoms with Crippen molar-refractivity contribution in [3.63, 3.8) is 0 Å². The van der Waals surface area contributed by atoms with E-state index in [2.05, 4.69) is 46.4 Å². The Morgan fingerprint density at radius 2 is 2.08 bits per heavy atom. The molecule has 9 nitrogen and oxygen atoms in total. The lowest BCUT2D eigenvalue weighted by Gasteiger charge is -2.46. The summed E-state index contributed by atoms with van der Waals surface area (Å²) in [5.41, 5.74) is 3.31. The summed E-state index contributed by atoms with van der Waals surface area (Å²) in [6.45, 7) is 5.36. The van der Waals surface area contributed by atoms with Crippen LogP contribution in [0.1, 0.15) is 66.2 Å². The molecule has 9 heteroatoms. The largest absolute Gasteiger partial charge is 0.490 e. The van der Waals surface area contributed by atoms with Crippen molar-refractivity contribution in [3.05, 3.63) is 65.0 Å². The van der Waals surface area contributed by atoms with Crippen molar-refractivity contribution in [3.8, 4) is 11.8 Å². The zero-order chi connectivity index (χ0) is 26.4. The molecule has 3 heterocycles. The molecule has 0 bridgehead atoms. The molecule has 0 saturated heterocycles. The van der Waals surface area contributed by atoms with Gasteiger partial charge in [0, 0.05) is 36.7 Å². The van der Waals surface area contributed by atoms with Crippen LogP contribution >= 0.6 is 0 Å². The van der Waals surface area contributed by atoms with E-state index in [0.29, 0.717) is 36.9 Å². The van der Waals surface area contributed by atoms with Crippen molar-refractivity contribution in [1.82, 2.24) is 24.6 Å². The maximum absolute atomic E-state index is 13.4. The van der Waals surface area contributed by atoms with Crippen molar-refractivity contribution in [2.75, 3.05) is 26.0 Å². The fourth-order valence-corrected chi connectivity index (χ4v) is 5.65. The Kier molecular flexibility index (Phi) is 6.24. The van der Waals surface area contributed by atoms with Crippen molar-refractivity contribution in [2.24, 2.45) is 13.0 Å². The molecule has 1 aliphatic carbocycles. The van der Waals surface area contributed by atoms with Crippen molar-refractivity contribution in [1.29, 1.82) is 5.26 Å². The maximum Gasteiger partial charge on any atom is 0.274 e. The molecule has 3 aromatic rings. The van der Waals surface area contributed by atoms with E-state index >= 15 is 0 Å². The van der Waals surface area contributed by atoms with E-state index in [1.165, 1.54) is 0 Å². The standard InChI is InChI=1S/C28H33N7O2/c1-27(2)16-37-23-19(15-34(3)4)11-22(32-24(23)27)25(36)31-21-8-6-7-20(12-21)28(13-18(14-28)9-10-29)26-33-30-17-35(26)5/h6-8,11-12,17-18H,9,13-16H2,1-5H3,(H,31,36). The zero-order valence-corrected chi connectivity index (χ0v) is 22.1. The summed E-state index contributed by atoms with van der Waals surface area (Å²) in [6, 6.07) is 12.0. The summed E-state index contributed by atoms with van der Waals surface area (Å²) >= 11 is 0. The summed E-state index contributed by atoms with van der Waals surface area (Å²) in [4.78, 5) is 20.2. The number of carbonyl (C=O) groups is 1. The highest BCUT2D eigenvalue weighted by Crippen LogP contribution is 2.53. The molecule has 0 atom stereocenters. The van der Waals surface area contributed by atoms with Gasteiger partial charge in [-0.3, -0.25) is 4.79 Å².